The van der Waals surface area contributed by atoms with Crippen molar-refractivity contribution in [2.24, 2.45) is 0 Å². The fraction of sp³-hybridized carbons (Fsp3) is 0.286. The van der Waals surface area contributed by atoms with Gasteiger partial charge in [-0.2, -0.15) is 13.2 Å². The SMILES string of the molecule is C.C[C@H](Oc1ccc(COc2cc(F)c3c(c2)OCC(C=O)=C3)cc1Cl)C(F)(F)F. The average Bonchev–Trinajstić information content (AvgIpc) is 2.67. The van der Waals surface area contributed by atoms with Crippen LogP contribution in [0.1, 0.15) is 25.5 Å². The van der Waals surface area contributed by atoms with Crippen LogP contribution in [0.15, 0.2) is 35.9 Å². The Hall–Kier alpha value is -2.74. The van der Waals surface area contributed by atoms with Gasteiger partial charge in [0.1, 0.15) is 42.6 Å². The quantitative estimate of drug-likeness (QED) is 0.403. The molecule has 2 aromatic carbocycles. The normalized spacial score (nSPS) is 13.9. The number of hydrogen-bond acceptors (Lipinski definition) is 4. The van der Waals surface area contributed by atoms with E-state index < -0.39 is 18.1 Å². The molecule has 2 aromatic rings. The summed E-state index contributed by atoms with van der Waals surface area (Å²) >= 11 is 5.99. The summed E-state index contributed by atoms with van der Waals surface area (Å²) in [4.78, 5) is 10.8. The molecule has 3 rings (SSSR count). The van der Waals surface area contributed by atoms with E-state index >= 15 is 0 Å². The number of hydrogen-bond donors (Lipinski definition) is 0. The minimum Gasteiger partial charge on any atom is -0.489 e. The first kappa shape index (κ1) is 23.5. The van der Waals surface area contributed by atoms with Crippen molar-refractivity contribution < 1.29 is 36.6 Å². The fourth-order valence-electron chi connectivity index (χ4n) is 2.52. The van der Waals surface area contributed by atoms with Crippen LogP contribution in [0.25, 0.3) is 6.08 Å². The molecule has 0 saturated heterocycles. The van der Waals surface area contributed by atoms with Crippen LogP contribution in [0.4, 0.5) is 17.6 Å². The lowest BCUT2D eigenvalue weighted by molar-refractivity contribution is -0.189. The van der Waals surface area contributed by atoms with Crippen LogP contribution in [0.2, 0.25) is 5.02 Å². The number of benzene rings is 2. The lowest BCUT2D eigenvalue weighted by atomic mass is 10.1. The van der Waals surface area contributed by atoms with Gasteiger partial charge < -0.3 is 14.2 Å². The Kier molecular flexibility index (Phi) is 7.36. The molecule has 0 radical (unpaired) electrons. The minimum atomic E-state index is -4.51. The molecule has 9 heteroatoms. The third-order valence-electron chi connectivity index (χ3n) is 4.11. The van der Waals surface area contributed by atoms with E-state index in [9.17, 15) is 22.4 Å². The van der Waals surface area contributed by atoms with Crippen LogP contribution in [-0.4, -0.2) is 25.2 Å². The van der Waals surface area contributed by atoms with E-state index in [1.165, 1.54) is 30.3 Å². The first-order valence-corrected chi connectivity index (χ1v) is 8.82. The van der Waals surface area contributed by atoms with Crippen molar-refractivity contribution in [1.82, 2.24) is 0 Å². The van der Waals surface area contributed by atoms with Crippen LogP contribution >= 0.6 is 11.6 Å². The minimum absolute atomic E-state index is 0. The molecule has 1 heterocycles. The second-order valence-electron chi connectivity index (χ2n) is 6.30. The molecule has 162 valence electrons. The van der Waals surface area contributed by atoms with Gasteiger partial charge in [-0.15, -0.1) is 0 Å². The molecule has 1 aliphatic heterocycles. The molecule has 1 aliphatic rings. The van der Waals surface area contributed by atoms with E-state index in [0.29, 0.717) is 17.4 Å². The van der Waals surface area contributed by atoms with E-state index in [-0.39, 0.29) is 48.5 Å². The maximum Gasteiger partial charge on any atom is 0.425 e. The molecule has 30 heavy (non-hydrogen) atoms. The Morgan fingerprint density at radius 3 is 2.63 bits per heavy atom. The number of aldehydes is 1. The Balaban J connectivity index is 0.00000320. The molecule has 0 fully saturated rings. The summed E-state index contributed by atoms with van der Waals surface area (Å²) in [6.45, 7) is 0.905. The molecule has 0 aliphatic carbocycles. The van der Waals surface area contributed by atoms with Gasteiger partial charge in [0.2, 0.25) is 0 Å². The van der Waals surface area contributed by atoms with Crippen molar-refractivity contribution >= 4 is 24.0 Å². The first-order chi connectivity index (χ1) is 13.7. The lowest BCUT2D eigenvalue weighted by Gasteiger charge is -2.19. The molecule has 1 atom stereocenters. The fourth-order valence-corrected chi connectivity index (χ4v) is 2.77. The van der Waals surface area contributed by atoms with Crippen LogP contribution in [0, 0.1) is 5.82 Å². The number of fused-ring (bicyclic) bond motifs is 1. The van der Waals surface area contributed by atoms with Gasteiger partial charge in [0.15, 0.2) is 6.10 Å². The van der Waals surface area contributed by atoms with Crippen molar-refractivity contribution in [2.75, 3.05) is 6.61 Å². The largest absolute Gasteiger partial charge is 0.489 e. The lowest BCUT2D eigenvalue weighted by Crippen LogP contribution is -2.31. The Labute approximate surface area is 176 Å². The number of carbonyl (C=O) groups excluding carboxylic acids is 1. The smallest absolute Gasteiger partial charge is 0.425 e. The zero-order chi connectivity index (χ0) is 21.2. The highest BCUT2D eigenvalue weighted by Crippen LogP contribution is 2.34. The van der Waals surface area contributed by atoms with Crippen molar-refractivity contribution in [1.29, 1.82) is 0 Å². The molecular formula is C21H19ClF4O4. The van der Waals surface area contributed by atoms with Gasteiger partial charge in [-0.3, -0.25) is 4.79 Å². The van der Waals surface area contributed by atoms with Crippen molar-refractivity contribution in [3.05, 3.63) is 57.9 Å². The molecule has 0 bridgehead atoms. The van der Waals surface area contributed by atoms with Gasteiger partial charge in [-0.25, -0.2) is 4.39 Å². The van der Waals surface area contributed by atoms with E-state index in [4.69, 9.17) is 25.8 Å². The molecule has 0 spiro atoms. The predicted octanol–water partition coefficient (Wildman–Crippen LogP) is 6.00. The first-order valence-electron chi connectivity index (χ1n) is 8.44. The molecule has 0 saturated carbocycles. The third-order valence-corrected chi connectivity index (χ3v) is 4.40. The number of alkyl halides is 3. The highest BCUT2D eigenvalue weighted by atomic mass is 35.5. The Morgan fingerprint density at radius 2 is 2.00 bits per heavy atom. The van der Waals surface area contributed by atoms with E-state index in [0.717, 1.165) is 13.0 Å². The van der Waals surface area contributed by atoms with Gasteiger partial charge >= 0.3 is 6.18 Å². The van der Waals surface area contributed by atoms with Crippen LogP contribution < -0.4 is 14.2 Å². The second-order valence-corrected chi connectivity index (χ2v) is 6.71. The van der Waals surface area contributed by atoms with Crippen LogP contribution in [-0.2, 0) is 11.4 Å². The number of carbonyl (C=O) groups is 1. The Morgan fingerprint density at radius 1 is 1.27 bits per heavy atom. The zero-order valence-electron chi connectivity index (χ0n) is 15.1. The van der Waals surface area contributed by atoms with Crippen molar-refractivity contribution in [3.63, 3.8) is 0 Å². The number of rotatable bonds is 6. The second kappa shape index (κ2) is 9.38. The van der Waals surface area contributed by atoms with Crippen molar-refractivity contribution in [3.8, 4) is 17.2 Å². The third kappa shape index (κ3) is 5.44. The highest BCUT2D eigenvalue weighted by molar-refractivity contribution is 6.32. The summed E-state index contributed by atoms with van der Waals surface area (Å²) in [6.07, 6.45) is -4.51. The van der Waals surface area contributed by atoms with Crippen LogP contribution in [0.3, 0.4) is 0 Å². The molecule has 0 aromatic heterocycles. The topological polar surface area (TPSA) is 44.8 Å². The standard InChI is InChI=1S/C20H15ClF4O4.CH4/c1-11(20(23,24)25)29-18-3-2-12(5-16(18)21)9-27-14-6-17(22)15-4-13(8-26)10-28-19(15)7-14;/h2-8,11H,9-10H2,1H3;1H4/t11-;/m0./s1. The average molecular weight is 447 g/mol. The summed E-state index contributed by atoms with van der Waals surface area (Å²) < 4.78 is 67.8. The van der Waals surface area contributed by atoms with Crippen molar-refractivity contribution in [2.45, 2.75) is 33.2 Å². The highest BCUT2D eigenvalue weighted by Gasteiger charge is 2.38. The van der Waals surface area contributed by atoms with Gasteiger partial charge in [-0.1, -0.05) is 25.1 Å². The van der Waals surface area contributed by atoms with Gasteiger partial charge in [0, 0.05) is 17.7 Å². The maximum atomic E-state index is 14.3. The summed E-state index contributed by atoms with van der Waals surface area (Å²) in [5, 5.41) is -0.00585. The Bertz CT molecular complexity index is 957. The predicted molar refractivity (Wildman–Crippen MR) is 105 cm³/mol. The van der Waals surface area contributed by atoms with E-state index in [2.05, 4.69) is 0 Å². The molecule has 0 amide bonds. The maximum absolute atomic E-state index is 14.3. The monoisotopic (exact) mass is 446 g/mol. The molecular weight excluding hydrogens is 428 g/mol. The molecule has 0 N–H and O–H groups in total. The van der Waals surface area contributed by atoms with Gasteiger partial charge in [0.05, 0.1) is 10.6 Å². The van der Waals surface area contributed by atoms with E-state index in [1.807, 2.05) is 0 Å². The summed E-state index contributed by atoms with van der Waals surface area (Å²) in [5.74, 6) is -0.287. The number of halogens is 5. The van der Waals surface area contributed by atoms with Gasteiger partial charge in [0.25, 0.3) is 0 Å². The number of ether oxygens (including phenoxy) is 3. The summed E-state index contributed by atoms with van der Waals surface area (Å²) in [6, 6.07) is 6.85. The zero-order valence-corrected chi connectivity index (χ0v) is 15.8. The summed E-state index contributed by atoms with van der Waals surface area (Å²) in [5.41, 5.74) is 1.03. The van der Waals surface area contributed by atoms with E-state index in [1.54, 1.807) is 0 Å². The summed E-state index contributed by atoms with van der Waals surface area (Å²) in [7, 11) is 0. The van der Waals surface area contributed by atoms with Gasteiger partial charge in [-0.05, 0) is 30.7 Å². The molecule has 4 nitrogen and oxygen atoms in total. The molecule has 0 unspecified atom stereocenters. The van der Waals surface area contributed by atoms with Crippen LogP contribution in [0.5, 0.6) is 17.2 Å².